The highest BCUT2D eigenvalue weighted by molar-refractivity contribution is 5.28. The number of hydrogen-bond donors (Lipinski definition) is 2. The molecule has 0 aromatic heterocycles. The van der Waals surface area contributed by atoms with Crippen molar-refractivity contribution in [1.29, 1.82) is 0 Å². The fourth-order valence-corrected chi connectivity index (χ4v) is 1.30. The van der Waals surface area contributed by atoms with Crippen LogP contribution in [-0.2, 0) is 11.3 Å². The molecule has 1 aromatic rings. The predicted molar refractivity (Wildman–Crippen MR) is 55.8 cm³/mol. The van der Waals surface area contributed by atoms with Crippen LogP contribution in [0.1, 0.15) is 24.3 Å². The summed E-state index contributed by atoms with van der Waals surface area (Å²) in [5, 5.41) is 12.4. The van der Waals surface area contributed by atoms with Gasteiger partial charge in [-0.15, -0.1) is 0 Å². The molecule has 0 saturated heterocycles. The lowest BCUT2D eigenvalue weighted by molar-refractivity contribution is 0.121. The van der Waals surface area contributed by atoms with E-state index >= 15 is 0 Å². The third-order valence-electron chi connectivity index (χ3n) is 2.08. The van der Waals surface area contributed by atoms with Crippen LogP contribution in [0.4, 0.5) is 0 Å². The molecule has 14 heavy (non-hydrogen) atoms. The van der Waals surface area contributed by atoms with Crippen molar-refractivity contribution in [2.45, 2.75) is 19.8 Å². The van der Waals surface area contributed by atoms with Crippen LogP contribution in [0.5, 0.6) is 0 Å². The fraction of sp³-hybridized carbons (Fsp3) is 0.455. The van der Waals surface area contributed by atoms with E-state index in [1.54, 1.807) is 7.05 Å². The molecule has 0 heterocycles. The van der Waals surface area contributed by atoms with E-state index in [1.807, 2.05) is 31.2 Å². The zero-order valence-electron chi connectivity index (χ0n) is 8.66. The molecular formula is C11H17NO2. The summed E-state index contributed by atoms with van der Waals surface area (Å²) < 4.78 is 5.32. The van der Waals surface area contributed by atoms with Gasteiger partial charge in [0.05, 0.1) is 6.61 Å². The largest absolute Gasteiger partial charge is 0.377 e. The van der Waals surface area contributed by atoms with Crippen LogP contribution < -0.4 is 5.32 Å². The highest BCUT2D eigenvalue weighted by Crippen LogP contribution is 2.16. The Labute approximate surface area is 84.7 Å². The Hall–Kier alpha value is -0.900. The van der Waals surface area contributed by atoms with Gasteiger partial charge in [-0.1, -0.05) is 24.3 Å². The zero-order valence-corrected chi connectivity index (χ0v) is 8.66. The quantitative estimate of drug-likeness (QED) is 0.698. The Morgan fingerprint density at radius 1 is 1.43 bits per heavy atom. The maximum absolute atomic E-state index is 9.64. The van der Waals surface area contributed by atoms with E-state index < -0.39 is 6.23 Å². The number of nitrogens with one attached hydrogen (secondary N) is 1. The summed E-state index contributed by atoms with van der Waals surface area (Å²) in [5.74, 6) is 0. The second kappa shape index (κ2) is 5.75. The second-order valence-electron chi connectivity index (χ2n) is 3.03. The lowest BCUT2D eigenvalue weighted by Gasteiger charge is -2.14. The standard InChI is InChI=1S/C11H17NO2/c1-3-14-8-9-6-4-5-7-10(9)11(13)12-2/h4-7,11-13H,3,8H2,1-2H3. The number of aliphatic hydroxyl groups excluding tert-OH is 1. The molecule has 0 fully saturated rings. The monoisotopic (exact) mass is 195 g/mol. The van der Waals surface area contributed by atoms with Gasteiger partial charge < -0.3 is 9.84 Å². The summed E-state index contributed by atoms with van der Waals surface area (Å²) >= 11 is 0. The van der Waals surface area contributed by atoms with Gasteiger partial charge >= 0.3 is 0 Å². The minimum atomic E-state index is -0.619. The van der Waals surface area contributed by atoms with Crippen LogP contribution in [0, 0.1) is 0 Å². The van der Waals surface area contributed by atoms with Gasteiger partial charge in [0.25, 0.3) is 0 Å². The first-order chi connectivity index (χ1) is 6.79. The molecule has 0 spiro atoms. The lowest BCUT2D eigenvalue weighted by Crippen LogP contribution is -2.17. The molecule has 1 unspecified atom stereocenters. The van der Waals surface area contributed by atoms with E-state index in [0.717, 1.165) is 11.1 Å². The van der Waals surface area contributed by atoms with Crippen LogP contribution in [0.3, 0.4) is 0 Å². The Morgan fingerprint density at radius 2 is 2.14 bits per heavy atom. The van der Waals surface area contributed by atoms with Crippen molar-refractivity contribution >= 4 is 0 Å². The Morgan fingerprint density at radius 3 is 2.79 bits per heavy atom. The molecule has 0 aliphatic rings. The van der Waals surface area contributed by atoms with E-state index in [0.29, 0.717) is 13.2 Å². The minimum absolute atomic E-state index is 0.547. The summed E-state index contributed by atoms with van der Waals surface area (Å²) in [4.78, 5) is 0. The summed E-state index contributed by atoms with van der Waals surface area (Å²) in [7, 11) is 1.72. The van der Waals surface area contributed by atoms with E-state index in [-0.39, 0.29) is 0 Å². The number of hydrogen-bond acceptors (Lipinski definition) is 3. The predicted octanol–water partition coefficient (Wildman–Crippen LogP) is 1.43. The molecule has 0 aliphatic heterocycles. The van der Waals surface area contributed by atoms with Gasteiger partial charge in [0.1, 0.15) is 6.23 Å². The SMILES string of the molecule is CCOCc1ccccc1C(O)NC. The van der Waals surface area contributed by atoms with E-state index in [9.17, 15) is 5.11 Å². The molecule has 3 heteroatoms. The van der Waals surface area contributed by atoms with Crippen LogP contribution in [0.2, 0.25) is 0 Å². The topological polar surface area (TPSA) is 41.5 Å². The van der Waals surface area contributed by atoms with Crippen molar-refractivity contribution in [3.05, 3.63) is 35.4 Å². The maximum Gasteiger partial charge on any atom is 0.131 e. The van der Waals surface area contributed by atoms with Crippen LogP contribution >= 0.6 is 0 Å². The molecule has 0 bridgehead atoms. The third kappa shape index (κ3) is 2.80. The van der Waals surface area contributed by atoms with Crippen molar-refractivity contribution in [1.82, 2.24) is 5.32 Å². The molecule has 3 nitrogen and oxygen atoms in total. The smallest absolute Gasteiger partial charge is 0.131 e. The Bertz CT molecular complexity index is 276. The first-order valence-corrected chi connectivity index (χ1v) is 4.80. The normalized spacial score (nSPS) is 12.8. The van der Waals surface area contributed by atoms with Gasteiger partial charge in [-0.25, -0.2) is 0 Å². The van der Waals surface area contributed by atoms with E-state index in [2.05, 4.69) is 5.32 Å². The first-order valence-electron chi connectivity index (χ1n) is 4.80. The van der Waals surface area contributed by atoms with Gasteiger partial charge in [-0.2, -0.15) is 0 Å². The Kier molecular flexibility index (Phi) is 4.59. The van der Waals surface area contributed by atoms with Crippen molar-refractivity contribution in [2.24, 2.45) is 0 Å². The fourth-order valence-electron chi connectivity index (χ4n) is 1.30. The van der Waals surface area contributed by atoms with Crippen molar-refractivity contribution in [2.75, 3.05) is 13.7 Å². The number of aliphatic hydroxyl groups is 1. The molecule has 2 N–H and O–H groups in total. The Balaban J connectivity index is 2.79. The van der Waals surface area contributed by atoms with Gasteiger partial charge in [-0.3, -0.25) is 5.32 Å². The first kappa shape index (κ1) is 11.2. The van der Waals surface area contributed by atoms with Crippen molar-refractivity contribution < 1.29 is 9.84 Å². The average Bonchev–Trinajstić information content (AvgIpc) is 2.25. The second-order valence-corrected chi connectivity index (χ2v) is 3.03. The molecule has 0 amide bonds. The summed E-state index contributed by atoms with van der Waals surface area (Å²) in [6, 6.07) is 7.71. The minimum Gasteiger partial charge on any atom is -0.377 e. The van der Waals surface area contributed by atoms with Gasteiger partial charge in [0.15, 0.2) is 0 Å². The van der Waals surface area contributed by atoms with E-state index in [4.69, 9.17) is 4.74 Å². The summed E-state index contributed by atoms with van der Waals surface area (Å²) in [6.07, 6.45) is -0.619. The van der Waals surface area contributed by atoms with Crippen LogP contribution in [0.25, 0.3) is 0 Å². The molecule has 1 aromatic carbocycles. The maximum atomic E-state index is 9.64. The van der Waals surface area contributed by atoms with Crippen molar-refractivity contribution in [3.63, 3.8) is 0 Å². The van der Waals surface area contributed by atoms with Gasteiger partial charge in [0, 0.05) is 12.2 Å². The molecule has 1 rings (SSSR count). The average molecular weight is 195 g/mol. The van der Waals surface area contributed by atoms with Crippen LogP contribution in [0.15, 0.2) is 24.3 Å². The number of ether oxygens (including phenoxy) is 1. The summed E-state index contributed by atoms with van der Waals surface area (Å²) in [6.45, 7) is 3.19. The zero-order chi connectivity index (χ0) is 10.4. The highest BCUT2D eigenvalue weighted by Gasteiger charge is 2.08. The molecule has 1 atom stereocenters. The summed E-state index contributed by atoms with van der Waals surface area (Å²) in [5.41, 5.74) is 1.90. The molecule has 0 saturated carbocycles. The molecule has 78 valence electrons. The lowest BCUT2D eigenvalue weighted by atomic mass is 10.1. The van der Waals surface area contributed by atoms with Crippen LogP contribution in [-0.4, -0.2) is 18.8 Å². The van der Waals surface area contributed by atoms with Gasteiger partial charge in [0.2, 0.25) is 0 Å². The number of rotatable bonds is 5. The van der Waals surface area contributed by atoms with Gasteiger partial charge in [-0.05, 0) is 19.5 Å². The van der Waals surface area contributed by atoms with E-state index in [1.165, 1.54) is 0 Å². The molecular weight excluding hydrogens is 178 g/mol. The number of benzene rings is 1. The molecule has 0 aliphatic carbocycles. The van der Waals surface area contributed by atoms with Crippen molar-refractivity contribution in [3.8, 4) is 0 Å². The molecule has 0 radical (unpaired) electrons. The highest BCUT2D eigenvalue weighted by atomic mass is 16.5. The third-order valence-corrected chi connectivity index (χ3v) is 2.08.